The first-order valence-corrected chi connectivity index (χ1v) is 10.2. The SMILES string of the molecule is CCN(CC(=O)NCC(=O)Nc1cc(C)ccc1OC)Cc1ccc(Br)s1. The largest absolute Gasteiger partial charge is 0.495 e. The molecule has 6 nitrogen and oxygen atoms in total. The van der Waals surface area contributed by atoms with E-state index in [9.17, 15) is 9.59 Å². The third kappa shape index (κ3) is 6.97. The number of likely N-dealkylation sites (N-methyl/N-ethyl adjacent to an activating group) is 1. The highest BCUT2D eigenvalue weighted by molar-refractivity contribution is 9.11. The lowest BCUT2D eigenvalue weighted by Gasteiger charge is -2.19. The number of hydrogen-bond acceptors (Lipinski definition) is 5. The molecule has 1 aromatic carbocycles. The minimum absolute atomic E-state index is 0.0853. The Labute approximate surface area is 172 Å². The van der Waals surface area contributed by atoms with Gasteiger partial charge in [0.15, 0.2) is 0 Å². The minimum Gasteiger partial charge on any atom is -0.495 e. The van der Waals surface area contributed by atoms with Crippen molar-refractivity contribution in [3.8, 4) is 5.75 Å². The zero-order chi connectivity index (χ0) is 19.8. The Morgan fingerprint density at radius 3 is 2.63 bits per heavy atom. The van der Waals surface area contributed by atoms with Crippen LogP contribution in [-0.2, 0) is 16.1 Å². The summed E-state index contributed by atoms with van der Waals surface area (Å²) in [5, 5.41) is 5.44. The van der Waals surface area contributed by atoms with Crippen LogP contribution >= 0.6 is 27.3 Å². The van der Waals surface area contributed by atoms with E-state index in [2.05, 4.69) is 26.6 Å². The molecular formula is C19H24BrN3O3S. The summed E-state index contributed by atoms with van der Waals surface area (Å²) in [6.45, 7) is 5.54. The topological polar surface area (TPSA) is 70.7 Å². The molecular weight excluding hydrogens is 430 g/mol. The van der Waals surface area contributed by atoms with Crippen molar-refractivity contribution in [1.82, 2.24) is 10.2 Å². The van der Waals surface area contributed by atoms with Gasteiger partial charge >= 0.3 is 0 Å². The number of carbonyl (C=O) groups is 2. The molecule has 0 fully saturated rings. The van der Waals surface area contributed by atoms with Crippen molar-refractivity contribution in [3.63, 3.8) is 0 Å². The maximum atomic E-state index is 12.2. The molecule has 1 heterocycles. The van der Waals surface area contributed by atoms with Crippen LogP contribution in [0.25, 0.3) is 0 Å². The number of aryl methyl sites for hydroxylation is 1. The summed E-state index contributed by atoms with van der Waals surface area (Å²) in [6, 6.07) is 9.57. The van der Waals surface area contributed by atoms with Crippen molar-refractivity contribution in [2.45, 2.75) is 20.4 Å². The van der Waals surface area contributed by atoms with E-state index in [0.29, 0.717) is 18.0 Å². The summed E-state index contributed by atoms with van der Waals surface area (Å²) in [7, 11) is 1.55. The molecule has 0 aliphatic carbocycles. The van der Waals surface area contributed by atoms with Gasteiger partial charge in [-0.15, -0.1) is 11.3 Å². The molecule has 0 unspecified atom stereocenters. The Bertz CT molecular complexity index is 794. The highest BCUT2D eigenvalue weighted by Crippen LogP contribution is 2.25. The smallest absolute Gasteiger partial charge is 0.243 e. The Kier molecular flexibility index (Phi) is 8.27. The van der Waals surface area contributed by atoms with Crippen LogP contribution in [0, 0.1) is 6.92 Å². The molecule has 0 aliphatic rings. The number of ether oxygens (including phenoxy) is 1. The number of rotatable bonds is 9. The van der Waals surface area contributed by atoms with E-state index in [1.54, 1.807) is 24.5 Å². The van der Waals surface area contributed by atoms with Gasteiger partial charge in [0.05, 0.1) is 29.7 Å². The predicted octanol–water partition coefficient (Wildman–Crippen LogP) is 3.40. The third-order valence-electron chi connectivity index (χ3n) is 3.90. The van der Waals surface area contributed by atoms with E-state index in [1.807, 2.05) is 43.0 Å². The molecule has 0 spiro atoms. The van der Waals surface area contributed by atoms with Crippen molar-refractivity contribution in [2.75, 3.05) is 32.1 Å². The summed E-state index contributed by atoms with van der Waals surface area (Å²) >= 11 is 5.09. The van der Waals surface area contributed by atoms with Crippen molar-refractivity contribution in [3.05, 3.63) is 44.6 Å². The Morgan fingerprint density at radius 1 is 1.22 bits per heavy atom. The van der Waals surface area contributed by atoms with Crippen molar-refractivity contribution >= 4 is 44.8 Å². The third-order valence-corrected chi connectivity index (χ3v) is 5.51. The molecule has 0 aliphatic heterocycles. The van der Waals surface area contributed by atoms with Gasteiger partial charge in [0, 0.05) is 11.4 Å². The average molecular weight is 454 g/mol. The molecule has 27 heavy (non-hydrogen) atoms. The van der Waals surface area contributed by atoms with Gasteiger partial charge in [0.25, 0.3) is 0 Å². The predicted molar refractivity (Wildman–Crippen MR) is 112 cm³/mol. The normalized spacial score (nSPS) is 10.7. The van der Waals surface area contributed by atoms with Crippen LogP contribution in [0.15, 0.2) is 34.1 Å². The van der Waals surface area contributed by atoms with Crippen LogP contribution in [0.1, 0.15) is 17.4 Å². The van der Waals surface area contributed by atoms with E-state index >= 15 is 0 Å². The van der Waals surface area contributed by atoms with Gasteiger partial charge in [0.1, 0.15) is 5.75 Å². The number of amides is 2. The number of nitrogens with one attached hydrogen (secondary N) is 2. The van der Waals surface area contributed by atoms with E-state index in [-0.39, 0.29) is 24.9 Å². The van der Waals surface area contributed by atoms with E-state index < -0.39 is 0 Å². The Balaban J connectivity index is 1.81. The molecule has 2 aromatic rings. The van der Waals surface area contributed by atoms with Crippen LogP contribution in [0.5, 0.6) is 5.75 Å². The Hall–Kier alpha value is -1.90. The van der Waals surface area contributed by atoms with Gasteiger partial charge in [-0.05, 0) is 59.2 Å². The summed E-state index contributed by atoms with van der Waals surface area (Å²) in [5.41, 5.74) is 1.60. The lowest BCUT2D eigenvalue weighted by atomic mass is 10.2. The Morgan fingerprint density at radius 2 is 2.00 bits per heavy atom. The zero-order valence-electron chi connectivity index (χ0n) is 15.7. The number of carbonyl (C=O) groups excluding carboxylic acids is 2. The molecule has 2 rings (SSSR count). The average Bonchev–Trinajstić information content (AvgIpc) is 3.04. The number of halogens is 1. The van der Waals surface area contributed by atoms with Crippen LogP contribution in [-0.4, -0.2) is 43.5 Å². The molecule has 2 N–H and O–H groups in total. The summed E-state index contributed by atoms with van der Waals surface area (Å²) in [4.78, 5) is 27.5. The molecule has 0 radical (unpaired) electrons. The first-order chi connectivity index (χ1) is 12.9. The summed E-state index contributed by atoms with van der Waals surface area (Å²) in [6.07, 6.45) is 0. The van der Waals surface area contributed by atoms with Crippen LogP contribution in [0.3, 0.4) is 0 Å². The van der Waals surface area contributed by atoms with E-state index in [0.717, 1.165) is 15.9 Å². The first-order valence-electron chi connectivity index (χ1n) is 8.59. The highest BCUT2D eigenvalue weighted by Gasteiger charge is 2.13. The van der Waals surface area contributed by atoms with Crippen LogP contribution in [0.2, 0.25) is 0 Å². The molecule has 2 amide bonds. The maximum Gasteiger partial charge on any atom is 0.243 e. The van der Waals surface area contributed by atoms with Crippen molar-refractivity contribution in [2.24, 2.45) is 0 Å². The fourth-order valence-electron chi connectivity index (χ4n) is 2.49. The quantitative estimate of drug-likeness (QED) is 0.610. The second kappa shape index (κ2) is 10.4. The number of hydrogen-bond donors (Lipinski definition) is 2. The second-order valence-electron chi connectivity index (χ2n) is 6.04. The second-order valence-corrected chi connectivity index (χ2v) is 8.59. The van der Waals surface area contributed by atoms with Gasteiger partial charge in [-0.3, -0.25) is 14.5 Å². The molecule has 8 heteroatoms. The zero-order valence-corrected chi connectivity index (χ0v) is 18.1. The van der Waals surface area contributed by atoms with Crippen LogP contribution in [0.4, 0.5) is 5.69 Å². The molecule has 0 saturated heterocycles. The molecule has 0 atom stereocenters. The molecule has 1 aromatic heterocycles. The van der Waals surface area contributed by atoms with E-state index in [4.69, 9.17) is 4.74 Å². The fourth-order valence-corrected chi connectivity index (χ4v) is 4.01. The van der Waals surface area contributed by atoms with Gasteiger partial charge < -0.3 is 15.4 Å². The van der Waals surface area contributed by atoms with Gasteiger partial charge in [0.2, 0.25) is 11.8 Å². The number of methoxy groups -OCH3 is 1. The highest BCUT2D eigenvalue weighted by atomic mass is 79.9. The molecule has 146 valence electrons. The number of benzene rings is 1. The van der Waals surface area contributed by atoms with Crippen molar-refractivity contribution in [1.29, 1.82) is 0 Å². The lowest BCUT2D eigenvalue weighted by Crippen LogP contribution is -2.40. The van der Waals surface area contributed by atoms with Gasteiger partial charge in [-0.1, -0.05) is 13.0 Å². The summed E-state index contributed by atoms with van der Waals surface area (Å²) < 4.78 is 6.31. The van der Waals surface area contributed by atoms with Crippen molar-refractivity contribution < 1.29 is 14.3 Å². The summed E-state index contributed by atoms with van der Waals surface area (Å²) in [5.74, 6) is 0.107. The fraction of sp³-hybridized carbons (Fsp3) is 0.368. The number of anilines is 1. The maximum absolute atomic E-state index is 12.2. The lowest BCUT2D eigenvalue weighted by molar-refractivity contribution is -0.125. The molecule has 0 saturated carbocycles. The first kappa shape index (κ1) is 21.4. The van der Waals surface area contributed by atoms with Gasteiger partial charge in [-0.25, -0.2) is 0 Å². The van der Waals surface area contributed by atoms with Crippen LogP contribution < -0.4 is 15.4 Å². The monoisotopic (exact) mass is 453 g/mol. The van der Waals surface area contributed by atoms with E-state index in [1.165, 1.54) is 4.88 Å². The minimum atomic E-state index is -0.294. The standard InChI is InChI=1S/C19H24BrN3O3S/c1-4-23(11-14-6-8-17(20)27-14)12-19(25)21-10-18(24)22-15-9-13(2)5-7-16(15)26-3/h5-9H,4,10-12H2,1-3H3,(H,21,25)(H,22,24). The van der Waals surface area contributed by atoms with Gasteiger partial charge in [-0.2, -0.15) is 0 Å². The number of thiophene rings is 1. The number of nitrogens with zero attached hydrogens (tertiary/aromatic N) is 1. The molecule has 0 bridgehead atoms.